The van der Waals surface area contributed by atoms with Crippen LogP contribution >= 0.6 is 0 Å². The maximum atomic E-state index is 13.2. The quantitative estimate of drug-likeness (QED) is 0.514. The van der Waals surface area contributed by atoms with Crippen LogP contribution in [0, 0.1) is 5.82 Å². The summed E-state index contributed by atoms with van der Waals surface area (Å²) >= 11 is 0. The third-order valence-corrected chi connectivity index (χ3v) is 6.23. The monoisotopic (exact) mass is 489 g/mol. The van der Waals surface area contributed by atoms with Crippen LogP contribution in [0.2, 0.25) is 0 Å². The van der Waals surface area contributed by atoms with Gasteiger partial charge < -0.3 is 15.1 Å². The van der Waals surface area contributed by atoms with Gasteiger partial charge in [-0.3, -0.25) is 19.5 Å². The van der Waals surface area contributed by atoms with Gasteiger partial charge in [0.15, 0.2) is 0 Å². The number of anilines is 1. The lowest BCUT2D eigenvalue weighted by Gasteiger charge is -2.39. The molecule has 1 aromatic heterocycles. The van der Waals surface area contributed by atoms with E-state index in [4.69, 9.17) is 0 Å². The zero-order chi connectivity index (χ0) is 25.7. The number of fused-ring (bicyclic) bond motifs is 1. The van der Waals surface area contributed by atoms with Crippen molar-refractivity contribution in [3.05, 3.63) is 77.7 Å². The third-order valence-electron chi connectivity index (χ3n) is 6.23. The number of nitrogens with zero attached hydrogens (tertiary/aromatic N) is 4. The van der Waals surface area contributed by atoms with Crippen molar-refractivity contribution in [3.8, 4) is 0 Å². The second-order valence-electron chi connectivity index (χ2n) is 9.50. The summed E-state index contributed by atoms with van der Waals surface area (Å²) in [5, 5.41) is 3.87. The second kappa shape index (κ2) is 11.4. The molecular formula is C28H32FN5O2. The lowest BCUT2D eigenvalue weighted by molar-refractivity contribution is -0.130. The minimum Gasteiger partial charge on any atom is -0.334 e. The number of carbonyl (C=O) groups is 2. The number of nitrogens with one attached hydrogen (secondary N) is 1. The molecule has 1 unspecified atom stereocenters. The summed E-state index contributed by atoms with van der Waals surface area (Å²) in [6, 6.07) is 14.1. The SMILES string of the molecule is CC1CN(Cc2ccc(F)cc2)CCN1C(=O)/C=C/c1cc2ncccc2cc1NC(=O)CN(C)C. The van der Waals surface area contributed by atoms with Crippen molar-refractivity contribution in [3.63, 3.8) is 0 Å². The molecule has 1 aliphatic heterocycles. The molecule has 0 spiro atoms. The van der Waals surface area contributed by atoms with E-state index in [1.165, 1.54) is 12.1 Å². The third kappa shape index (κ3) is 6.53. The van der Waals surface area contributed by atoms with E-state index in [9.17, 15) is 14.0 Å². The Labute approximate surface area is 211 Å². The van der Waals surface area contributed by atoms with Crippen molar-refractivity contribution >= 4 is 34.5 Å². The zero-order valence-corrected chi connectivity index (χ0v) is 20.9. The van der Waals surface area contributed by atoms with Gasteiger partial charge in [0.2, 0.25) is 11.8 Å². The maximum absolute atomic E-state index is 13.2. The lowest BCUT2D eigenvalue weighted by Crippen LogP contribution is -2.53. The molecule has 188 valence electrons. The van der Waals surface area contributed by atoms with Crippen LogP contribution in [0.25, 0.3) is 17.0 Å². The highest BCUT2D eigenvalue weighted by molar-refractivity contribution is 6.00. The standard InChI is InChI=1S/C28H32FN5O2/c1-20-17-33(18-21-6-9-24(29)10-7-21)13-14-34(20)28(36)11-8-23-15-25-22(5-4-12-30-25)16-26(23)31-27(35)19-32(2)3/h4-12,15-16,20H,13-14,17-19H2,1-3H3,(H,31,35)/b11-8+. The van der Waals surface area contributed by atoms with Gasteiger partial charge in [-0.05, 0) is 63.0 Å². The van der Waals surface area contributed by atoms with Gasteiger partial charge in [0.05, 0.1) is 12.1 Å². The molecule has 2 aromatic carbocycles. The van der Waals surface area contributed by atoms with Crippen LogP contribution in [0.15, 0.2) is 60.8 Å². The van der Waals surface area contributed by atoms with Gasteiger partial charge in [-0.2, -0.15) is 0 Å². The van der Waals surface area contributed by atoms with Gasteiger partial charge in [0.1, 0.15) is 5.82 Å². The van der Waals surface area contributed by atoms with Crippen LogP contribution in [-0.4, -0.2) is 77.8 Å². The number of rotatable bonds is 7. The van der Waals surface area contributed by atoms with E-state index in [2.05, 4.69) is 15.2 Å². The summed E-state index contributed by atoms with van der Waals surface area (Å²) in [6.07, 6.45) is 5.04. The van der Waals surface area contributed by atoms with E-state index in [0.717, 1.165) is 41.7 Å². The smallest absolute Gasteiger partial charge is 0.246 e. The number of pyridine rings is 1. The predicted octanol–water partition coefficient (Wildman–Crippen LogP) is 3.62. The summed E-state index contributed by atoms with van der Waals surface area (Å²) in [6.45, 7) is 5.11. The summed E-state index contributed by atoms with van der Waals surface area (Å²) in [5.74, 6) is -0.442. The average Bonchev–Trinajstić information content (AvgIpc) is 2.83. The highest BCUT2D eigenvalue weighted by Crippen LogP contribution is 2.25. The van der Waals surface area contributed by atoms with Gasteiger partial charge in [-0.25, -0.2) is 4.39 Å². The summed E-state index contributed by atoms with van der Waals surface area (Å²) in [4.78, 5) is 35.9. The van der Waals surface area contributed by atoms with Crippen molar-refractivity contribution in [2.75, 3.05) is 45.6 Å². The molecule has 8 heteroatoms. The molecule has 3 aromatic rings. The van der Waals surface area contributed by atoms with Crippen LogP contribution in [-0.2, 0) is 16.1 Å². The number of hydrogen-bond donors (Lipinski definition) is 1. The predicted molar refractivity (Wildman–Crippen MR) is 141 cm³/mol. The molecule has 1 N–H and O–H groups in total. The average molecular weight is 490 g/mol. The summed E-state index contributed by atoms with van der Waals surface area (Å²) in [7, 11) is 3.67. The molecule has 0 saturated carbocycles. The van der Waals surface area contributed by atoms with Crippen molar-refractivity contribution in [2.45, 2.75) is 19.5 Å². The molecular weight excluding hydrogens is 457 g/mol. The number of hydrogen-bond acceptors (Lipinski definition) is 5. The number of piperazine rings is 1. The molecule has 0 bridgehead atoms. The van der Waals surface area contributed by atoms with E-state index in [1.54, 1.807) is 35.4 Å². The number of carbonyl (C=O) groups excluding carboxylic acids is 2. The maximum Gasteiger partial charge on any atom is 0.246 e. The normalized spacial score (nSPS) is 16.7. The minimum atomic E-state index is -0.239. The zero-order valence-electron chi connectivity index (χ0n) is 20.9. The fraction of sp³-hybridized carbons (Fsp3) is 0.321. The molecule has 0 radical (unpaired) electrons. The first-order valence-electron chi connectivity index (χ1n) is 12.1. The van der Waals surface area contributed by atoms with Crippen LogP contribution < -0.4 is 5.32 Å². The Morgan fingerprint density at radius 3 is 2.67 bits per heavy atom. The largest absolute Gasteiger partial charge is 0.334 e. The molecule has 36 heavy (non-hydrogen) atoms. The van der Waals surface area contributed by atoms with Crippen molar-refractivity contribution in [1.29, 1.82) is 0 Å². The number of halogens is 1. The Morgan fingerprint density at radius 2 is 1.94 bits per heavy atom. The lowest BCUT2D eigenvalue weighted by atomic mass is 10.1. The van der Waals surface area contributed by atoms with Crippen LogP contribution in [0.1, 0.15) is 18.1 Å². The Balaban J connectivity index is 1.45. The molecule has 2 amide bonds. The molecule has 1 aliphatic rings. The Morgan fingerprint density at radius 1 is 1.17 bits per heavy atom. The molecule has 1 fully saturated rings. The topological polar surface area (TPSA) is 68.8 Å². The van der Waals surface area contributed by atoms with Crippen molar-refractivity contribution in [1.82, 2.24) is 19.7 Å². The van der Waals surface area contributed by atoms with Crippen LogP contribution in [0.5, 0.6) is 0 Å². The van der Waals surface area contributed by atoms with E-state index >= 15 is 0 Å². The fourth-order valence-corrected chi connectivity index (χ4v) is 4.47. The first-order chi connectivity index (χ1) is 17.3. The van der Waals surface area contributed by atoms with E-state index in [0.29, 0.717) is 12.2 Å². The van der Waals surface area contributed by atoms with Crippen LogP contribution in [0.3, 0.4) is 0 Å². The Kier molecular flexibility index (Phi) is 8.07. The summed E-state index contributed by atoms with van der Waals surface area (Å²) < 4.78 is 13.2. The molecule has 7 nitrogen and oxygen atoms in total. The van der Waals surface area contributed by atoms with Gasteiger partial charge in [0, 0.05) is 61.1 Å². The Bertz CT molecular complexity index is 1260. The van der Waals surface area contributed by atoms with Crippen molar-refractivity contribution < 1.29 is 14.0 Å². The first-order valence-corrected chi connectivity index (χ1v) is 12.1. The second-order valence-corrected chi connectivity index (χ2v) is 9.50. The van der Waals surface area contributed by atoms with E-state index < -0.39 is 0 Å². The van der Waals surface area contributed by atoms with Crippen molar-refractivity contribution in [2.24, 2.45) is 0 Å². The molecule has 2 heterocycles. The highest BCUT2D eigenvalue weighted by atomic mass is 19.1. The van der Waals surface area contributed by atoms with E-state index in [1.807, 2.05) is 50.2 Å². The van der Waals surface area contributed by atoms with Gasteiger partial charge in [-0.15, -0.1) is 0 Å². The number of amides is 2. The first kappa shape index (κ1) is 25.5. The number of aromatic nitrogens is 1. The van der Waals surface area contributed by atoms with Gasteiger partial charge in [0.25, 0.3) is 0 Å². The van der Waals surface area contributed by atoms with Crippen LogP contribution in [0.4, 0.5) is 10.1 Å². The number of benzene rings is 2. The summed E-state index contributed by atoms with van der Waals surface area (Å²) in [5.41, 5.74) is 3.21. The fourth-order valence-electron chi connectivity index (χ4n) is 4.47. The minimum absolute atomic E-state index is 0.0360. The van der Waals surface area contributed by atoms with Gasteiger partial charge >= 0.3 is 0 Å². The Hall–Kier alpha value is -3.62. The van der Waals surface area contributed by atoms with Gasteiger partial charge in [-0.1, -0.05) is 18.2 Å². The molecule has 1 saturated heterocycles. The molecule has 1 atom stereocenters. The highest BCUT2D eigenvalue weighted by Gasteiger charge is 2.26. The number of likely N-dealkylation sites (N-methyl/N-ethyl adjacent to an activating group) is 1. The molecule has 4 rings (SSSR count). The molecule has 0 aliphatic carbocycles. The van der Waals surface area contributed by atoms with E-state index in [-0.39, 0.29) is 30.2 Å².